The van der Waals surface area contributed by atoms with E-state index in [9.17, 15) is 9.59 Å². The fourth-order valence-corrected chi connectivity index (χ4v) is 4.45. The first-order chi connectivity index (χ1) is 17.9. The highest BCUT2D eigenvalue weighted by Crippen LogP contribution is 2.28. The van der Waals surface area contributed by atoms with Crippen molar-refractivity contribution in [2.75, 3.05) is 7.11 Å². The Kier molecular flexibility index (Phi) is 9.14. The van der Waals surface area contributed by atoms with Gasteiger partial charge in [-0.25, -0.2) is 0 Å². The van der Waals surface area contributed by atoms with Crippen molar-refractivity contribution in [2.24, 2.45) is 0 Å². The van der Waals surface area contributed by atoms with Crippen LogP contribution < -0.4 is 10.1 Å². The fraction of sp³-hybridized carbons (Fsp3) is 0.133. The molecule has 0 bridgehead atoms. The number of carbonyl (C=O) groups excluding carboxylic acids is 2. The molecule has 4 aromatic carbocycles. The zero-order chi connectivity index (χ0) is 26.2. The molecule has 1 atom stereocenters. The summed E-state index contributed by atoms with van der Waals surface area (Å²) in [7, 11) is 1.34. The van der Waals surface area contributed by atoms with Crippen molar-refractivity contribution in [3.63, 3.8) is 0 Å². The number of ether oxygens (including phenoxy) is 2. The number of rotatable bonds is 9. The third-order valence-electron chi connectivity index (χ3n) is 5.82. The molecule has 0 aromatic heterocycles. The van der Waals surface area contributed by atoms with Crippen molar-refractivity contribution < 1.29 is 19.1 Å². The number of hydrogen-bond donors (Lipinski definition) is 1. The van der Waals surface area contributed by atoms with Crippen molar-refractivity contribution >= 4 is 43.7 Å². The quantitative estimate of drug-likeness (QED) is 0.196. The first-order valence-corrected chi connectivity index (χ1v) is 13.2. The first-order valence-electron chi connectivity index (χ1n) is 11.6. The van der Waals surface area contributed by atoms with Gasteiger partial charge >= 0.3 is 5.97 Å². The standard InChI is InChI=1S/C30H25Br2NO4/c1-36-29(34)18-27(23-11-9-22(10-12-23)21-5-3-2-4-6-21)33-30(35)26-17-25(32)15-16-28(26)37-19-20-7-13-24(31)14-8-20/h2-17,27H,18-19H2,1H3,(H,33,35). The predicted octanol–water partition coefficient (Wildman–Crippen LogP) is 7.49. The number of benzene rings is 4. The summed E-state index contributed by atoms with van der Waals surface area (Å²) < 4.78 is 12.6. The molecule has 0 radical (unpaired) electrons. The van der Waals surface area contributed by atoms with Gasteiger partial charge < -0.3 is 14.8 Å². The lowest BCUT2D eigenvalue weighted by Gasteiger charge is -2.20. The van der Waals surface area contributed by atoms with E-state index in [4.69, 9.17) is 9.47 Å². The summed E-state index contributed by atoms with van der Waals surface area (Å²) in [6, 6.07) is 30.3. The second-order valence-corrected chi connectivity index (χ2v) is 10.2. The van der Waals surface area contributed by atoms with Crippen LogP contribution in [-0.4, -0.2) is 19.0 Å². The maximum Gasteiger partial charge on any atom is 0.307 e. The van der Waals surface area contributed by atoms with Gasteiger partial charge in [-0.15, -0.1) is 0 Å². The highest BCUT2D eigenvalue weighted by atomic mass is 79.9. The maximum atomic E-state index is 13.4. The normalized spacial score (nSPS) is 11.4. The second-order valence-electron chi connectivity index (χ2n) is 8.35. The van der Waals surface area contributed by atoms with Crippen LogP contribution in [0.3, 0.4) is 0 Å². The molecule has 4 rings (SSSR count). The summed E-state index contributed by atoms with van der Waals surface area (Å²) in [5.41, 5.74) is 4.26. The third kappa shape index (κ3) is 7.31. The Labute approximate surface area is 233 Å². The van der Waals surface area contributed by atoms with Crippen molar-refractivity contribution in [1.29, 1.82) is 0 Å². The largest absolute Gasteiger partial charge is 0.488 e. The molecule has 0 spiro atoms. The topological polar surface area (TPSA) is 64.6 Å². The van der Waals surface area contributed by atoms with E-state index in [1.807, 2.05) is 84.9 Å². The van der Waals surface area contributed by atoms with Gasteiger partial charge in [0.2, 0.25) is 0 Å². The predicted molar refractivity (Wildman–Crippen MR) is 151 cm³/mol. The Morgan fingerprint density at radius 3 is 2.14 bits per heavy atom. The number of nitrogens with one attached hydrogen (secondary N) is 1. The molecule has 0 saturated carbocycles. The van der Waals surface area contributed by atoms with Crippen molar-refractivity contribution in [1.82, 2.24) is 5.32 Å². The molecule has 37 heavy (non-hydrogen) atoms. The molecular weight excluding hydrogens is 598 g/mol. The lowest BCUT2D eigenvalue weighted by atomic mass is 9.98. The molecule has 188 valence electrons. The molecule has 1 amide bonds. The van der Waals surface area contributed by atoms with Gasteiger partial charge in [0.1, 0.15) is 12.4 Å². The summed E-state index contributed by atoms with van der Waals surface area (Å²) in [5.74, 6) is -0.327. The summed E-state index contributed by atoms with van der Waals surface area (Å²) in [4.78, 5) is 25.6. The van der Waals surface area contributed by atoms with Crippen LogP contribution in [0.2, 0.25) is 0 Å². The zero-order valence-electron chi connectivity index (χ0n) is 20.1. The average Bonchev–Trinajstić information content (AvgIpc) is 2.93. The van der Waals surface area contributed by atoms with E-state index >= 15 is 0 Å². The number of esters is 1. The molecule has 0 aliphatic heterocycles. The third-order valence-corrected chi connectivity index (χ3v) is 6.84. The second kappa shape index (κ2) is 12.7. The van der Waals surface area contributed by atoms with E-state index in [2.05, 4.69) is 37.2 Å². The van der Waals surface area contributed by atoms with Crippen molar-refractivity contribution in [2.45, 2.75) is 19.1 Å². The molecule has 0 aliphatic carbocycles. The van der Waals surface area contributed by atoms with Gasteiger partial charge in [0.15, 0.2) is 0 Å². The van der Waals surface area contributed by atoms with Crippen LogP contribution in [0.5, 0.6) is 5.75 Å². The Morgan fingerprint density at radius 2 is 1.46 bits per heavy atom. The van der Waals surface area contributed by atoms with Crippen LogP contribution in [-0.2, 0) is 16.1 Å². The Balaban J connectivity index is 1.55. The number of amides is 1. The Bertz CT molecular complexity index is 1360. The van der Waals surface area contributed by atoms with Gasteiger partial charge in [-0.3, -0.25) is 9.59 Å². The molecule has 5 nitrogen and oxygen atoms in total. The van der Waals surface area contributed by atoms with Gasteiger partial charge in [0.05, 0.1) is 25.1 Å². The number of carbonyl (C=O) groups is 2. The Hall–Kier alpha value is -3.42. The first kappa shape index (κ1) is 26.6. The molecular formula is C30H25Br2NO4. The minimum absolute atomic E-state index is 0.00396. The van der Waals surface area contributed by atoms with Crippen LogP contribution in [0.1, 0.15) is 33.9 Å². The van der Waals surface area contributed by atoms with Gasteiger partial charge in [-0.2, -0.15) is 0 Å². The van der Waals surface area contributed by atoms with Gasteiger partial charge in [0, 0.05) is 8.95 Å². The van der Waals surface area contributed by atoms with Crippen LogP contribution in [0.15, 0.2) is 106 Å². The van der Waals surface area contributed by atoms with E-state index in [1.165, 1.54) is 7.11 Å². The fourth-order valence-electron chi connectivity index (χ4n) is 3.82. The molecule has 1 N–H and O–H groups in total. The van der Waals surface area contributed by atoms with Gasteiger partial charge in [-0.05, 0) is 52.6 Å². The summed E-state index contributed by atoms with van der Waals surface area (Å²) in [6.07, 6.45) is -0.00396. The highest BCUT2D eigenvalue weighted by Gasteiger charge is 2.22. The zero-order valence-corrected chi connectivity index (χ0v) is 23.3. The van der Waals surface area contributed by atoms with E-state index < -0.39 is 12.0 Å². The minimum Gasteiger partial charge on any atom is -0.488 e. The summed E-state index contributed by atoms with van der Waals surface area (Å²) >= 11 is 6.87. The molecule has 0 fully saturated rings. The SMILES string of the molecule is COC(=O)CC(NC(=O)c1cc(Br)ccc1OCc1ccc(Br)cc1)c1ccc(-c2ccccc2)cc1. The van der Waals surface area contributed by atoms with Gasteiger partial charge in [0.25, 0.3) is 5.91 Å². The molecule has 7 heteroatoms. The lowest BCUT2D eigenvalue weighted by molar-refractivity contribution is -0.141. The minimum atomic E-state index is -0.580. The van der Waals surface area contributed by atoms with Crippen LogP contribution in [0, 0.1) is 0 Å². The molecule has 0 saturated heterocycles. The van der Waals surface area contributed by atoms with Crippen molar-refractivity contribution in [3.8, 4) is 16.9 Å². The number of hydrogen-bond acceptors (Lipinski definition) is 4. The van der Waals surface area contributed by atoms with Gasteiger partial charge in [-0.1, -0.05) is 98.6 Å². The number of methoxy groups -OCH3 is 1. The van der Waals surface area contributed by atoms with E-state index in [0.717, 1.165) is 31.2 Å². The lowest BCUT2D eigenvalue weighted by Crippen LogP contribution is -2.31. The Morgan fingerprint density at radius 1 is 0.811 bits per heavy atom. The molecule has 1 unspecified atom stereocenters. The maximum absolute atomic E-state index is 13.4. The summed E-state index contributed by atoms with van der Waals surface area (Å²) in [6.45, 7) is 0.307. The molecule has 0 heterocycles. The van der Waals surface area contributed by atoms with Crippen LogP contribution in [0.4, 0.5) is 0 Å². The monoisotopic (exact) mass is 621 g/mol. The number of halogens is 2. The average molecular weight is 623 g/mol. The van der Waals surface area contributed by atoms with E-state index in [-0.39, 0.29) is 12.3 Å². The molecule has 4 aromatic rings. The van der Waals surface area contributed by atoms with E-state index in [0.29, 0.717) is 17.9 Å². The summed E-state index contributed by atoms with van der Waals surface area (Å²) in [5, 5.41) is 3.00. The highest BCUT2D eigenvalue weighted by molar-refractivity contribution is 9.10. The molecule has 0 aliphatic rings. The van der Waals surface area contributed by atoms with Crippen LogP contribution >= 0.6 is 31.9 Å². The van der Waals surface area contributed by atoms with Crippen LogP contribution in [0.25, 0.3) is 11.1 Å². The smallest absolute Gasteiger partial charge is 0.307 e. The van der Waals surface area contributed by atoms with E-state index in [1.54, 1.807) is 12.1 Å². The van der Waals surface area contributed by atoms with Crippen molar-refractivity contribution in [3.05, 3.63) is 123 Å².